The van der Waals surface area contributed by atoms with Crippen LogP contribution in [0.2, 0.25) is 0 Å². The predicted molar refractivity (Wildman–Crippen MR) is 73.7 cm³/mol. The molecule has 0 saturated carbocycles. The maximum Gasteiger partial charge on any atom is 0.307 e. The van der Waals surface area contributed by atoms with E-state index in [9.17, 15) is 4.79 Å². The number of carbonyl (C=O) groups is 1. The lowest BCUT2D eigenvalue weighted by molar-refractivity contribution is -0.141. The van der Waals surface area contributed by atoms with Crippen molar-refractivity contribution in [3.63, 3.8) is 0 Å². The lowest BCUT2D eigenvalue weighted by atomic mass is 9.74. The van der Waals surface area contributed by atoms with E-state index < -0.39 is 0 Å². The second-order valence-corrected chi connectivity index (χ2v) is 5.24. The normalized spacial score (nSPS) is 26.2. The number of benzene rings is 2. The molecule has 0 aliphatic carbocycles. The second-order valence-electron chi connectivity index (χ2n) is 5.24. The first kappa shape index (κ1) is 12.0. The van der Waals surface area contributed by atoms with Gasteiger partial charge in [-0.1, -0.05) is 67.6 Å². The van der Waals surface area contributed by atoms with Gasteiger partial charge < -0.3 is 4.74 Å². The van der Waals surface area contributed by atoms with Gasteiger partial charge in [0.15, 0.2) is 0 Å². The van der Waals surface area contributed by atoms with Gasteiger partial charge >= 0.3 is 5.97 Å². The number of hydrogen-bond donors (Lipinski definition) is 0. The highest BCUT2D eigenvalue weighted by Crippen LogP contribution is 2.47. The van der Waals surface area contributed by atoms with Crippen LogP contribution in [0.15, 0.2) is 60.7 Å². The van der Waals surface area contributed by atoms with Crippen molar-refractivity contribution in [1.29, 1.82) is 0 Å². The largest absolute Gasteiger partial charge is 0.456 e. The summed E-state index contributed by atoms with van der Waals surface area (Å²) in [6, 6.07) is 20.1. The third kappa shape index (κ3) is 2.03. The van der Waals surface area contributed by atoms with Crippen LogP contribution >= 0.6 is 0 Å². The van der Waals surface area contributed by atoms with E-state index >= 15 is 0 Å². The standard InChI is InChI=1S/C17H16O2/c1-17(14-10-6-3-7-11-14)12-15(18)19-16(17)13-8-4-2-5-9-13/h2-11,16H,12H2,1H3. The van der Waals surface area contributed by atoms with Gasteiger partial charge in [-0.25, -0.2) is 0 Å². The molecule has 2 unspecified atom stereocenters. The Bertz CT molecular complexity index is 577. The van der Waals surface area contributed by atoms with E-state index in [-0.39, 0.29) is 17.5 Å². The monoisotopic (exact) mass is 252 g/mol. The number of carbonyl (C=O) groups excluding carboxylic acids is 1. The Morgan fingerprint density at radius 1 is 1.00 bits per heavy atom. The van der Waals surface area contributed by atoms with Gasteiger partial charge in [0.2, 0.25) is 0 Å². The zero-order valence-corrected chi connectivity index (χ0v) is 10.9. The van der Waals surface area contributed by atoms with Gasteiger partial charge in [-0.15, -0.1) is 0 Å². The Morgan fingerprint density at radius 3 is 2.21 bits per heavy atom. The van der Waals surface area contributed by atoms with Crippen LogP contribution in [0.5, 0.6) is 0 Å². The highest BCUT2D eigenvalue weighted by Gasteiger charge is 2.47. The summed E-state index contributed by atoms with van der Waals surface area (Å²) in [5.41, 5.74) is 1.91. The molecule has 1 heterocycles. The van der Waals surface area contributed by atoms with Crippen molar-refractivity contribution < 1.29 is 9.53 Å². The summed E-state index contributed by atoms with van der Waals surface area (Å²) in [5.74, 6) is -0.125. The number of cyclic esters (lactones) is 1. The molecule has 0 N–H and O–H groups in total. The Kier molecular flexibility index (Phi) is 2.86. The molecule has 1 aliphatic rings. The average molecular weight is 252 g/mol. The molecule has 1 saturated heterocycles. The van der Waals surface area contributed by atoms with Crippen LogP contribution in [0, 0.1) is 0 Å². The van der Waals surface area contributed by atoms with Crippen molar-refractivity contribution in [2.75, 3.05) is 0 Å². The van der Waals surface area contributed by atoms with Crippen molar-refractivity contribution in [2.45, 2.75) is 24.9 Å². The van der Waals surface area contributed by atoms with Gasteiger partial charge in [0.1, 0.15) is 6.10 Å². The molecule has 0 amide bonds. The first-order valence-corrected chi connectivity index (χ1v) is 6.50. The van der Waals surface area contributed by atoms with Crippen LogP contribution in [0.3, 0.4) is 0 Å². The van der Waals surface area contributed by atoms with E-state index in [1.165, 1.54) is 0 Å². The Balaban J connectivity index is 2.06. The van der Waals surface area contributed by atoms with E-state index in [1.54, 1.807) is 0 Å². The van der Waals surface area contributed by atoms with E-state index in [2.05, 4.69) is 19.1 Å². The molecule has 2 aromatic rings. The minimum atomic E-state index is -0.292. The molecule has 1 fully saturated rings. The van der Waals surface area contributed by atoms with Crippen LogP contribution in [0.4, 0.5) is 0 Å². The number of hydrogen-bond acceptors (Lipinski definition) is 2. The van der Waals surface area contributed by atoms with E-state index in [0.29, 0.717) is 6.42 Å². The van der Waals surface area contributed by atoms with Gasteiger partial charge in [0, 0.05) is 5.41 Å². The number of rotatable bonds is 2. The van der Waals surface area contributed by atoms with Crippen molar-refractivity contribution in [2.24, 2.45) is 0 Å². The third-order valence-electron chi connectivity index (χ3n) is 3.88. The minimum Gasteiger partial charge on any atom is -0.456 e. The summed E-state index contributed by atoms with van der Waals surface area (Å²) in [6.07, 6.45) is 0.222. The van der Waals surface area contributed by atoms with Gasteiger partial charge in [-0.2, -0.15) is 0 Å². The van der Waals surface area contributed by atoms with Crippen molar-refractivity contribution in [3.05, 3.63) is 71.8 Å². The lowest BCUT2D eigenvalue weighted by Gasteiger charge is -2.29. The van der Waals surface area contributed by atoms with E-state index in [1.807, 2.05) is 48.5 Å². The number of esters is 1. The summed E-state index contributed by atoms with van der Waals surface area (Å²) in [5, 5.41) is 0. The summed E-state index contributed by atoms with van der Waals surface area (Å²) >= 11 is 0. The summed E-state index contributed by atoms with van der Waals surface area (Å²) < 4.78 is 5.58. The molecule has 0 aromatic heterocycles. The molecule has 1 aliphatic heterocycles. The van der Waals surface area contributed by atoms with Crippen LogP contribution in [0.25, 0.3) is 0 Å². The average Bonchev–Trinajstić information content (AvgIpc) is 2.77. The maximum atomic E-state index is 11.8. The molecule has 0 radical (unpaired) electrons. The molecule has 2 aromatic carbocycles. The quantitative estimate of drug-likeness (QED) is 0.763. The topological polar surface area (TPSA) is 26.3 Å². The van der Waals surface area contributed by atoms with Crippen molar-refractivity contribution in [1.82, 2.24) is 0 Å². The molecule has 2 nitrogen and oxygen atoms in total. The first-order chi connectivity index (χ1) is 9.20. The highest BCUT2D eigenvalue weighted by molar-refractivity contribution is 5.75. The SMILES string of the molecule is CC1(c2ccccc2)CC(=O)OC1c1ccccc1. The molecule has 0 bridgehead atoms. The molecular formula is C17H16O2. The molecule has 96 valence electrons. The predicted octanol–water partition coefficient (Wildman–Crippen LogP) is 3.63. The molecule has 0 spiro atoms. The Morgan fingerprint density at radius 2 is 1.58 bits per heavy atom. The summed E-state index contributed by atoms with van der Waals surface area (Å²) in [6.45, 7) is 2.10. The first-order valence-electron chi connectivity index (χ1n) is 6.50. The third-order valence-corrected chi connectivity index (χ3v) is 3.88. The fourth-order valence-electron chi connectivity index (χ4n) is 2.83. The maximum absolute atomic E-state index is 11.8. The zero-order chi connectivity index (χ0) is 13.3. The Hall–Kier alpha value is -2.09. The molecular weight excluding hydrogens is 236 g/mol. The van der Waals surface area contributed by atoms with Crippen molar-refractivity contribution >= 4 is 5.97 Å². The van der Waals surface area contributed by atoms with E-state index in [4.69, 9.17) is 4.74 Å². The fraction of sp³-hybridized carbons (Fsp3) is 0.235. The smallest absolute Gasteiger partial charge is 0.307 e. The molecule has 3 rings (SSSR count). The van der Waals surface area contributed by atoms with Crippen molar-refractivity contribution in [3.8, 4) is 0 Å². The fourth-order valence-corrected chi connectivity index (χ4v) is 2.83. The van der Waals surface area contributed by atoms with Crippen LogP contribution in [-0.2, 0) is 14.9 Å². The zero-order valence-electron chi connectivity index (χ0n) is 10.9. The minimum absolute atomic E-state index is 0.125. The van der Waals surface area contributed by atoms with Gasteiger partial charge in [0.25, 0.3) is 0 Å². The molecule has 2 heteroatoms. The van der Waals surface area contributed by atoms with Gasteiger partial charge in [0.05, 0.1) is 6.42 Å². The lowest BCUT2D eigenvalue weighted by Crippen LogP contribution is -2.25. The number of ether oxygens (including phenoxy) is 1. The summed E-state index contributed by atoms with van der Waals surface area (Å²) in [4.78, 5) is 11.8. The molecule has 19 heavy (non-hydrogen) atoms. The molecule has 2 atom stereocenters. The van der Waals surface area contributed by atoms with Gasteiger partial charge in [-0.3, -0.25) is 4.79 Å². The second kappa shape index (κ2) is 4.54. The van der Waals surface area contributed by atoms with Gasteiger partial charge in [-0.05, 0) is 11.1 Å². The van der Waals surface area contributed by atoms with Crippen LogP contribution < -0.4 is 0 Å². The Labute approximate surface area is 113 Å². The summed E-state index contributed by atoms with van der Waals surface area (Å²) in [7, 11) is 0. The van der Waals surface area contributed by atoms with Crippen LogP contribution in [0.1, 0.15) is 30.6 Å². The van der Waals surface area contributed by atoms with E-state index in [0.717, 1.165) is 11.1 Å². The van der Waals surface area contributed by atoms with Crippen LogP contribution in [-0.4, -0.2) is 5.97 Å². The highest BCUT2D eigenvalue weighted by atomic mass is 16.6.